The lowest BCUT2D eigenvalue weighted by molar-refractivity contribution is -0.126. The number of hydrogen-bond donors (Lipinski definition) is 2. The molecule has 1 aliphatic heterocycles. The maximum atomic E-state index is 12.4. The maximum absolute atomic E-state index is 12.4. The summed E-state index contributed by atoms with van der Waals surface area (Å²) in [6.45, 7) is 4.12. The van der Waals surface area contributed by atoms with Crippen molar-refractivity contribution in [3.63, 3.8) is 0 Å². The third kappa shape index (κ3) is 5.36. The fraction of sp³-hybridized carbons (Fsp3) is 0.429. The Kier molecular flexibility index (Phi) is 6.71. The number of amides is 2. The largest absolute Gasteiger partial charge is 0.495 e. The van der Waals surface area contributed by atoms with Crippen LogP contribution in [0.4, 0.5) is 5.69 Å². The summed E-state index contributed by atoms with van der Waals surface area (Å²) in [6.07, 6.45) is 3.08. The van der Waals surface area contributed by atoms with Gasteiger partial charge in [-0.2, -0.15) is 0 Å². The van der Waals surface area contributed by atoms with E-state index in [1.807, 2.05) is 31.2 Å². The number of nitrogens with one attached hydrogen (secondary N) is 2. The van der Waals surface area contributed by atoms with E-state index in [9.17, 15) is 9.59 Å². The number of benzene rings is 1. The molecule has 0 atom stereocenters. The summed E-state index contributed by atoms with van der Waals surface area (Å²) in [5.41, 5.74) is 1.73. The highest BCUT2D eigenvalue weighted by Crippen LogP contribution is 2.25. The molecule has 0 saturated carbocycles. The first-order chi connectivity index (χ1) is 13.5. The Morgan fingerprint density at radius 2 is 2.04 bits per heavy atom. The lowest BCUT2D eigenvalue weighted by atomic mass is 9.96. The highest BCUT2D eigenvalue weighted by atomic mass is 16.5. The monoisotopic (exact) mass is 385 g/mol. The first kappa shape index (κ1) is 19.9. The molecule has 1 aromatic heterocycles. The number of rotatable bonds is 7. The Hall–Kier alpha value is -2.80. The Bertz CT molecular complexity index is 796. The van der Waals surface area contributed by atoms with Crippen molar-refractivity contribution < 1.29 is 18.7 Å². The fourth-order valence-corrected chi connectivity index (χ4v) is 3.40. The molecule has 28 heavy (non-hydrogen) atoms. The van der Waals surface area contributed by atoms with E-state index in [2.05, 4.69) is 15.5 Å². The van der Waals surface area contributed by atoms with E-state index in [4.69, 9.17) is 9.15 Å². The number of piperidine rings is 1. The lowest BCUT2D eigenvalue weighted by Crippen LogP contribution is -2.43. The van der Waals surface area contributed by atoms with Crippen LogP contribution in [0.15, 0.2) is 41.0 Å². The smallest absolute Gasteiger partial charge is 0.238 e. The van der Waals surface area contributed by atoms with Crippen molar-refractivity contribution >= 4 is 17.5 Å². The standard InChI is InChI=1S/C21H27N3O4/c1-15-5-6-19(27-2)18(12-15)23-20(25)14-24-9-7-16(8-10-24)21(26)22-13-17-4-3-11-28-17/h3-6,11-12,16H,7-10,13-14H2,1-2H3,(H,22,26)(H,23,25). The summed E-state index contributed by atoms with van der Waals surface area (Å²) in [5.74, 6) is 1.33. The first-order valence-corrected chi connectivity index (χ1v) is 9.52. The first-order valence-electron chi connectivity index (χ1n) is 9.52. The van der Waals surface area contributed by atoms with Crippen molar-refractivity contribution in [3.05, 3.63) is 47.9 Å². The summed E-state index contributed by atoms with van der Waals surface area (Å²) in [5, 5.41) is 5.84. The average molecular weight is 385 g/mol. The summed E-state index contributed by atoms with van der Waals surface area (Å²) in [6, 6.07) is 9.32. The molecule has 1 saturated heterocycles. The molecular weight excluding hydrogens is 358 g/mol. The topological polar surface area (TPSA) is 83.8 Å². The minimum Gasteiger partial charge on any atom is -0.495 e. The summed E-state index contributed by atoms with van der Waals surface area (Å²) < 4.78 is 10.5. The van der Waals surface area contributed by atoms with Crippen LogP contribution in [-0.4, -0.2) is 43.5 Å². The molecule has 3 rings (SSSR count). The van der Waals surface area contributed by atoms with E-state index in [1.54, 1.807) is 19.4 Å². The van der Waals surface area contributed by atoms with Gasteiger partial charge in [0.05, 0.1) is 32.1 Å². The minimum absolute atomic E-state index is 0.0221. The lowest BCUT2D eigenvalue weighted by Gasteiger charge is -2.30. The maximum Gasteiger partial charge on any atom is 0.238 e. The number of methoxy groups -OCH3 is 1. The normalized spacial score (nSPS) is 15.2. The van der Waals surface area contributed by atoms with Crippen LogP contribution < -0.4 is 15.4 Å². The number of carbonyl (C=O) groups excluding carboxylic acids is 2. The van der Waals surface area contributed by atoms with Gasteiger partial charge in [0, 0.05) is 5.92 Å². The minimum atomic E-state index is -0.0791. The van der Waals surface area contributed by atoms with Gasteiger partial charge in [0.25, 0.3) is 0 Å². The van der Waals surface area contributed by atoms with Gasteiger partial charge in [-0.25, -0.2) is 0 Å². The summed E-state index contributed by atoms with van der Waals surface area (Å²) in [7, 11) is 1.59. The molecule has 7 nitrogen and oxygen atoms in total. The second-order valence-corrected chi connectivity index (χ2v) is 7.10. The predicted octanol–water partition coefficient (Wildman–Crippen LogP) is 2.56. The Labute approximate surface area is 165 Å². The van der Waals surface area contributed by atoms with Gasteiger partial charge >= 0.3 is 0 Å². The second kappa shape index (κ2) is 9.41. The summed E-state index contributed by atoms with van der Waals surface area (Å²) >= 11 is 0. The molecule has 2 aromatic rings. The van der Waals surface area contributed by atoms with Crippen LogP contribution in [0.1, 0.15) is 24.2 Å². The van der Waals surface area contributed by atoms with Crippen molar-refractivity contribution in [3.8, 4) is 5.75 Å². The second-order valence-electron chi connectivity index (χ2n) is 7.10. The van der Waals surface area contributed by atoms with E-state index in [1.165, 1.54) is 0 Å². The molecule has 1 aliphatic rings. The zero-order valence-electron chi connectivity index (χ0n) is 16.4. The van der Waals surface area contributed by atoms with Gasteiger partial charge in [-0.1, -0.05) is 6.07 Å². The van der Waals surface area contributed by atoms with Crippen LogP contribution in [0.2, 0.25) is 0 Å². The van der Waals surface area contributed by atoms with Crippen molar-refractivity contribution in [1.82, 2.24) is 10.2 Å². The molecule has 0 aliphatic carbocycles. The van der Waals surface area contributed by atoms with Crippen LogP contribution in [0.5, 0.6) is 5.75 Å². The van der Waals surface area contributed by atoms with Gasteiger partial charge in [0.15, 0.2) is 0 Å². The molecule has 0 spiro atoms. The van der Waals surface area contributed by atoms with Crippen LogP contribution in [-0.2, 0) is 16.1 Å². The molecule has 2 amide bonds. The zero-order chi connectivity index (χ0) is 19.9. The van der Waals surface area contributed by atoms with Gasteiger partial charge in [0.2, 0.25) is 11.8 Å². The molecule has 0 radical (unpaired) electrons. The number of ether oxygens (including phenoxy) is 1. The number of likely N-dealkylation sites (tertiary alicyclic amines) is 1. The Balaban J connectivity index is 1.43. The molecule has 2 heterocycles. The van der Waals surface area contributed by atoms with E-state index in [0.29, 0.717) is 24.5 Å². The van der Waals surface area contributed by atoms with Gasteiger partial charge in [-0.05, 0) is 62.7 Å². The number of aryl methyl sites for hydroxylation is 1. The third-order valence-electron chi connectivity index (χ3n) is 4.97. The molecular formula is C21H27N3O4. The van der Waals surface area contributed by atoms with Crippen LogP contribution in [0.25, 0.3) is 0 Å². The number of carbonyl (C=O) groups is 2. The summed E-state index contributed by atoms with van der Waals surface area (Å²) in [4.78, 5) is 26.8. The number of anilines is 1. The molecule has 1 fully saturated rings. The van der Waals surface area contributed by atoms with E-state index in [-0.39, 0.29) is 17.7 Å². The Morgan fingerprint density at radius 3 is 2.71 bits per heavy atom. The number of hydrogen-bond acceptors (Lipinski definition) is 5. The molecule has 0 unspecified atom stereocenters. The van der Waals surface area contributed by atoms with Crippen LogP contribution in [0, 0.1) is 12.8 Å². The predicted molar refractivity (Wildman–Crippen MR) is 106 cm³/mol. The fourth-order valence-electron chi connectivity index (χ4n) is 3.40. The molecule has 0 bridgehead atoms. The van der Waals surface area contributed by atoms with Gasteiger partial charge < -0.3 is 19.8 Å². The molecule has 1 aromatic carbocycles. The van der Waals surface area contributed by atoms with Crippen molar-refractivity contribution in [2.75, 3.05) is 32.1 Å². The molecule has 7 heteroatoms. The van der Waals surface area contributed by atoms with Gasteiger partial charge in [-0.3, -0.25) is 14.5 Å². The average Bonchev–Trinajstić information content (AvgIpc) is 3.20. The van der Waals surface area contributed by atoms with Crippen LogP contribution >= 0.6 is 0 Å². The third-order valence-corrected chi connectivity index (χ3v) is 4.97. The van der Waals surface area contributed by atoms with Crippen LogP contribution in [0.3, 0.4) is 0 Å². The van der Waals surface area contributed by atoms with Crippen molar-refractivity contribution in [2.24, 2.45) is 5.92 Å². The van der Waals surface area contributed by atoms with E-state index in [0.717, 1.165) is 37.3 Å². The highest BCUT2D eigenvalue weighted by Gasteiger charge is 2.26. The molecule has 2 N–H and O–H groups in total. The van der Waals surface area contributed by atoms with Gasteiger partial charge in [-0.15, -0.1) is 0 Å². The number of furan rings is 1. The van der Waals surface area contributed by atoms with E-state index >= 15 is 0 Å². The highest BCUT2D eigenvalue weighted by molar-refractivity contribution is 5.93. The van der Waals surface area contributed by atoms with Crippen molar-refractivity contribution in [2.45, 2.75) is 26.3 Å². The molecule has 150 valence electrons. The van der Waals surface area contributed by atoms with Crippen molar-refractivity contribution in [1.29, 1.82) is 0 Å². The quantitative estimate of drug-likeness (QED) is 0.765. The number of nitrogens with zero attached hydrogens (tertiary/aromatic N) is 1. The van der Waals surface area contributed by atoms with E-state index < -0.39 is 0 Å². The Morgan fingerprint density at radius 1 is 1.25 bits per heavy atom. The van der Waals surface area contributed by atoms with Gasteiger partial charge in [0.1, 0.15) is 11.5 Å². The zero-order valence-corrected chi connectivity index (χ0v) is 16.4. The SMILES string of the molecule is COc1ccc(C)cc1NC(=O)CN1CCC(C(=O)NCc2ccco2)CC1.